The summed E-state index contributed by atoms with van der Waals surface area (Å²) in [4.78, 5) is 103. The molecule has 3 aromatic heterocycles. The molecule has 0 radical (unpaired) electrons. The fourth-order valence-electron chi connectivity index (χ4n) is 6.86. The summed E-state index contributed by atoms with van der Waals surface area (Å²) in [6, 6.07) is 0. The average Bonchev–Trinajstić information content (AvgIpc) is 3.96. The van der Waals surface area contributed by atoms with Crippen molar-refractivity contribution in [3.8, 4) is 35.5 Å². The zero-order valence-electron chi connectivity index (χ0n) is 34.2. The standard InChI is InChI=1S/C36H43N9O19P2/c37-7-1-4-19-13-43(34(51)40-31(19)48)28-10-22(47)26(61-28)17-58-65(54,55)64-24-12-30(45-15-21(6-3-9-39)33(50)42-36(45)53)62-27(24)18-59-66(56,57)63-23-11-29(60-25(23)16-46)44-14-20(5-2-8-38)32(49)41-35(44)52/h13-15,22-30,46-47H,7-12,16-18,37-39H2,(H,54,55)(H,56,57)(H,40,48,51)(H,41,49,52)(H,42,50,53). The van der Waals surface area contributed by atoms with Gasteiger partial charge in [-0.1, -0.05) is 35.5 Å². The molecule has 0 bridgehead atoms. The van der Waals surface area contributed by atoms with Crippen LogP contribution in [-0.2, 0) is 41.4 Å². The SMILES string of the molecule is NCC#Cc1cn(C2CC(O)C(COP(=O)(O)OC3CC(n4cc(C#CCN)c(=O)[nH]c4=O)OC3COP(=O)(O)OC3CC(n4cc(C#CCN)c(=O)[nH]c4=O)OC3CO)O2)c(=O)[nH]c1=O. The quantitative estimate of drug-likeness (QED) is 0.0533. The number of aromatic nitrogens is 6. The molecular weight excluding hydrogens is 924 g/mol. The van der Waals surface area contributed by atoms with Crippen molar-refractivity contribution in [2.75, 3.05) is 39.5 Å². The van der Waals surface area contributed by atoms with Gasteiger partial charge in [0.2, 0.25) is 0 Å². The van der Waals surface area contributed by atoms with E-state index >= 15 is 0 Å². The van der Waals surface area contributed by atoms with Gasteiger partial charge < -0.3 is 51.4 Å². The molecule has 66 heavy (non-hydrogen) atoms. The van der Waals surface area contributed by atoms with Crippen molar-refractivity contribution in [3.05, 3.63) is 97.8 Å². The van der Waals surface area contributed by atoms with Gasteiger partial charge in [-0.15, -0.1) is 0 Å². The molecule has 3 aromatic rings. The van der Waals surface area contributed by atoms with Gasteiger partial charge >= 0.3 is 32.7 Å². The highest BCUT2D eigenvalue weighted by molar-refractivity contribution is 7.47. The molecular formula is C36H43N9O19P2. The molecule has 11 unspecified atom stereocenters. The van der Waals surface area contributed by atoms with E-state index < -0.39 is 131 Å². The van der Waals surface area contributed by atoms with Crippen molar-refractivity contribution in [1.82, 2.24) is 28.7 Å². The number of nitrogens with zero attached hydrogens (tertiary/aromatic N) is 3. The van der Waals surface area contributed by atoms with Crippen molar-refractivity contribution >= 4 is 15.6 Å². The van der Waals surface area contributed by atoms with Crippen LogP contribution in [0, 0.1) is 35.5 Å². The average molecular weight is 968 g/mol. The number of ether oxygens (including phenoxy) is 3. The molecule has 30 heteroatoms. The van der Waals surface area contributed by atoms with E-state index in [1.807, 2.05) is 0 Å². The molecule has 28 nitrogen and oxygen atoms in total. The van der Waals surface area contributed by atoms with Crippen LogP contribution in [-0.4, -0.2) is 125 Å². The lowest BCUT2D eigenvalue weighted by Crippen LogP contribution is -2.34. The Kier molecular flexibility index (Phi) is 16.3. The van der Waals surface area contributed by atoms with Gasteiger partial charge in [0, 0.05) is 37.9 Å². The second-order valence-electron chi connectivity index (χ2n) is 14.3. The normalized spacial score (nSPS) is 26.6. The van der Waals surface area contributed by atoms with Crippen molar-refractivity contribution in [1.29, 1.82) is 0 Å². The summed E-state index contributed by atoms with van der Waals surface area (Å²) >= 11 is 0. The number of phosphoric acid groups is 2. The van der Waals surface area contributed by atoms with E-state index in [2.05, 4.69) is 50.5 Å². The molecule has 13 N–H and O–H groups in total. The van der Waals surface area contributed by atoms with Crippen LogP contribution < -0.4 is 50.9 Å². The summed E-state index contributed by atoms with van der Waals surface area (Å²) < 4.78 is 68.0. The lowest BCUT2D eigenvalue weighted by atomic mass is 10.2. The number of hydrogen-bond donors (Lipinski definition) is 10. The summed E-state index contributed by atoms with van der Waals surface area (Å²) in [6.45, 7) is -2.87. The highest BCUT2D eigenvalue weighted by Crippen LogP contribution is 2.51. The Morgan fingerprint density at radius 2 is 0.955 bits per heavy atom. The van der Waals surface area contributed by atoms with E-state index in [1.54, 1.807) is 0 Å². The van der Waals surface area contributed by atoms with Gasteiger partial charge in [-0.05, 0) is 0 Å². The fraction of sp³-hybridized carbons (Fsp3) is 0.500. The van der Waals surface area contributed by atoms with E-state index in [0.29, 0.717) is 0 Å². The summed E-state index contributed by atoms with van der Waals surface area (Å²) in [5, 5.41) is 20.7. The molecule has 0 aliphatic carbocycles. The van der Waals surface area contributed by atoms with E-state index in [4.69, 9.17) is 49.5 Å². The minimum Gasteiger partial charge on any atom is -0.394 e. The Morgan fingerprint density at radius 3 is 1.35 bits per heavy atom. The van der Waals surface area contributed by atoms with Crippen LogP contribution in [0.15, 0.2) is 47.4 Å². The first-order valence-corrected chi connectivity index (χ1v) is 22.5. The molecule has 3 aliphatic heterocycles. The number of nitrogens with one attached hydrogen (secondary N) is 3. The van der Waals surface area contributed by atoms with Crippen molar-refractivity contribution in [3.63, 3.8) is 0 Å². The van der Waals surface area contributed by atoms with Gasteiger partial charge in [0.25, 0.3) is 16.7 Å². The van der Waals surface area contributed by atoms with Crippen LogP contribution in [0.4, 0.5) is 0 Å². The second-order valence-corrected chi connectivity index (χ2v) is 17.1. The highest BCUT2D eigenvalue weighted by Gasteiger charge is 2.46. The molecule has 356 valence electrons. The van der Waals surface area contributed by atoms with Crippen LogP contribution in [0.5, 0.6) is 0 Å². The molecule has 6 rings (SSSR count). The molecule has 6 heterocycles. The first-order valence-electron chi connectivity index (χ1n) is 19.6. The van der Waals surface area contributed by atoms with Crippen LogP contribution >= 0.6 is 15.6 Å². The van der Waals surface area contributed by atoms with E-state index in [0.717, 1.165) is 32.3 Å². The van der Waals surface area contributed by atoms with Crippen LogP contribution in [0.2, 0.25) is 0 Å². The van der Waals surface area contributed by atoms with E-state index in [1.165, 1.54) is 0 Å². The second kappa shape index (κ2) is 21.5. The Hall–Kier alpha value is -5.38. The first kappa shape index (κ1) is 50.0. The Bertz CT molecular complexity index is 2950. The summed E-state index contributed by atoms with van der Waals surface area (Å²) in [5.41, 5.74) is 10.3. The summed E-state index contributed by atoms with van der Waals surface area (Å²) in [7, 11) is -10.4. The smallest absolute Gasteiger partial charge is 0.394 e. The van der Waals surface area contributed by atoms with Gasteiger partial charge in [0.15, 0.2) is 0 Å². The largest absolute Gasteiger partial charge is 0.472 e. The topological polar surface area (TPSA) is 422 Å². The highest BCUT2D eigenvalue weighted by atomic mass is 31.2. The predicted molar refractivity (Wildman–Crippen MR) is 222 cm³/mol. The van der Waals surface area contributed by atoms with Gasteiger partial charge in [-0.25, -0.2) is 23.5 Å². The number of H-pyrrole nitrogens is 3. The van der Waals surface area contributed by atoms with Crippen molar-refractivity contribution in [2.45, 2.75) is 74.6 Å². The third-order valence-corrected chi connectivity index (χ3v) is 11.9. The van der Waals surface area contributed by atoms with Gasteiger partial charge in [-0.2, -0.15) is 0 Å². The van der Waals surface area contributed by atoms with Crippen LogP contribution in [0.1, 0.15) is 54.6 Å². The predicted octanol–water partition coefficient (Wildman–Crippen LogP) is -5.21. The summed E-state index contributed by atoms with van der Waals surface area (Å²) in [5.74, 6) is 14.9. The third kappa shape index (κ3) is 12.1. The van der Waals surface area contributed by atoms with Crippen LogP contribution in [0.3, 0.4) is 0 Å². The van der Waals surface area contributed by atoms with Gasteiger partial charge in [0.05, 0.1) is 45.6 Å². The maximum absolute atomic E-state index is 13.4. The monoisotopic (exact) mass is 967 g/mol. The molecule has 0 spiro atoms. The number of nitrogens with two attached hydrogens (primary N) is 3. The summed E-state index contributed by atoms with van der Waals surface area (Å²) in [6.07, 6.45) is -10.4. The molecule has 0 amide bonds. The lowest BCUT2D eigenvalue weighted by molar-refractivity contribution is -0.0619. The lowest BCUT2D eigenvalue weighted by Gasteiger charge is -2.24. The fourth-order valence-corrected chi connectivity index (χ4v) is 8.78. The molecule has 3 saturated heterocycles. The number of aliphatic hydroxyl groups excluding tert-OH is 2. The Balaban J connectivity index is 1.17. The molecule has 3 aliphatic rings. The molecule has 11 atom stereocenters. The molecule has 0 aromatic carbocycles. The minimum absolute atomic E-state index is 0.0845. The van der Waals surface area contributed by atoms with Crippen molar-refractivity contribution < 1.29 is 61.4 Å². The van der Waals surface area contributed by atoms with Gasteiger partial charge in [0.1, 0.15) is 65.9 Å². The van der Waals surface area contributed by atoms with E-state index in [9.17, 15) is 57.9 Å². The van der Waals surface area contributed by atoms with E-state index in [-0.39, 0.29) is 49.2 Å². The van der Waals surface area contributed by atoms with Gasteiger partial charge in [-0.3, -0.25) is 61.1 Å². The zero-order valence-corrected chi connectivity index (χ0v) is 36.0. The number of rotatable bonds is 14. The number of aromatic amines is 3. The minimum atomic E-state index is -5.23. The number of aliphatic hydroxyl groups is 2. The third-order valence-electron chi connectivity index (χ3n) is 9.90. The maximum atomic E-state index is 13.4. The van der Waals surface area contributed by atoms with Crippen molar-refractivity contribution in [2.24, 2.45) is 17.2 Å². The Labute approximate surface area is 369 Å². The zero-order chi connectivity index (χ0) is 47.9. The number of hydrogen-bond acceptors (Lipinski definition) is 20. The van der Waals surface area contributed by atoms with Crippen LogP contribution in [0.25, 0.3) is 0 Å². The number of phosphoric ester groups is 2. The Morgan fingerprint density at radius 1 is 0.606 bits per heavy atom. The first-order chi connectivity index (χ1) is 31.3. The maximum Gasteiger partial charge on any atom is 0.472 e. The molecule has 0 saturated carbocycles. The molecule has 3 fully saturated rings.